The van der Waals surface area contributed by atoms with Gasteiger partial charge in [0.05, 0.1) is 18.2 Å². The number of hydrogen-bond acceptors (Lipinski definition) is 3. The molecule has 0 unspecified atom stereocenters. The highest BCUT2D eigenvalue weighted by atomic mass is 16.5. The molecule has 3 heteroatoms. The minimum atomic E-state index is -0.0216. The Kier molecular flexibility index (Phi) is 5.21. The first-order valence-corrected chi connectivity index (χ1v) is 9.48. The van der Waals surface area contributed by atoms with Crippen molar-refractivity contribution in [1.82, 2.24) is 4.98 Å². The third-order valence-corrected chi connectivity index (χ3v) is 4.91. The summed E-state index contributed by atoms with van der Waals surface area (Å²) in [6.07, 6.45) is 4.01. The van der Waals surface area contributed by atoms with Gasteiger partial charge in [-0.05, 0) is 36.2 Å². The molecule has 0 aliphatic rings. The summed E-state index contributed by atoms with van der Waals surface area (Å²) >= 11 is 0. The fraction of sp³-hybridized carbons (Fsp3) is 0.0769. The zero-order chi connectivity index (χ0) is 20.2. The van der Waals surface area contributed by atoms with E-state index in [1.54, 1.807) is 7.11 Å². The molecule has 3 nitrogen and oxygen atoms in total. The van der Waals surface area contributed by atoms with Crippen LogP contribution in [0.5, 0.6) is 5.75 Å². The number of fused-ring (bicyclic) bond motifs is 1. The van der Waals surface area contributed by atoms with Crippen molar-refractivity contribution in [2.45, 2.75) is 6.92 Å². The molecule has 0 saturated carbocycles. The molecule has 0 spiro atoms. The van der Waals surface area contributed by atoms with E-state index in [2.05, 4.69) is 0 Å². The van der Waals surface area contributed by atoms with E-state index in [4.69, 9.17) is 9.72 Å². The molecule has 0 N–H and O–H groups in total. The fourth-order valence-corrected chi connectivity index (χ4v) is 3.48. The molecular weight excluding hydrogens is 358 g/mol. The van der Waals surface area contributed by atoms with E-state index >= 15 is 0 Å². The van der Waals surface area contributed by atoms with Crippen LogP contribution in [-0.4, -0.2) is 17.9 Å². The second kappa shape index (κ2) is 8.11. The highest BCUT2D eigenvalue weighted by Crippen LogP contribution is 2.28. The Labute approximate surface area is 170 Å². The van der Waals surface area contributed by atoms with Gasteiger partial charge in [0, 0.05) is 16.6 Å². The predicted molar refractivity (Wildman–Crippen MR) is 118 cm³/mol. The van der Waals surface area contributed by atoms with Gasteiger partial charge < -0.3 is 4.74 Å². The standard InChI is InChI=1S/C26H21NO2/c1-18-25(26(28)20-10-4-3-5-11-20)23(22-13-6-7-14-24(22)27-18)16-15-19-9-8-12-21(17-19)29-2/h3-17H,1-2H3/b16-15+. The quantitative estimate of drug-likeness (QED) is 0.402. The molecule has 3 aromatic carbocycles. The van der Waals surface area contributed by atoms with E-state index in [-0.39, 0.29) is 5.78 Å². The van der Waals surface area contributed by atoms with Gasteiger partial charge >= 0.3 is 0 Å². The lowest BCUT2D eigenvalue weighted by Gasteiger charge is -2.12. The Morgan fingerprint density at radius 3 is 2.45 bits per heavy atom. The molecular formula is C26H21NO2. The van der Waals surface area contributed by atoms with Gasteiger partial charge in [-0.3, -0.25) is 9.78 Å². The number of methoxy groups -OCH3 is 1. The lowest BCUT2D eigenvalue weighted by Crippen LogP contribution is -2.08. The van der Waals surface area contributed by atoms with Crippen LogP contribution < -0.4 is 4.74 Å². The maximum Gasteiger partial charge on any atom is 0.195 e. The van der Waals surface area contributed by atoms with Crippen LogP contribution in [0.15, 0.2) is 78.9 Å². The number of nitrogens with zero attached hydrogens (tertiary/aromatic N) is 1. The summed E-state index contributed by atoms with van der Waals surface area (Å²) in [5, 5.41) is 0.955. The average molecular weight is 379 g/mol. The number of rotatable bonds is 5. The minimum absolute atomic E-state index is 0.0216. The van der Waals surface area contributed by atoms with Crippen molar-refractivity contribution in [2.24, 2.45) is 0 Å². The average Bonchev–Trinajstić information content (AvgIpc) is 2.77. The predicted octanol–water partition coefficient (Wildman–Crippen LogP) is 5.95. The summed E-state index contributed by atoms with van der Waals surface area (Å²) in [4.78, 5) is 18.0. The van der Waals surface area contributed by atoms with E-state index in [1.165, 1.54) is 0 Å². The number of benzene rings is 3. The van der Waals surface area contributed by atoms with Crippen LogP contribution in [0.4, 0.5) is 0 Å². The topological polar surface area (TPSA) is 39.2 Å². The van der Waals surface area contributed by atoms with Gasteiger partial charge in [0.1, 0.15) is 5.75 Å². The smallest absolute Gasteiger partial charge is 0.195 e. The maximum atomic E-state index is 13.3. The molecule has 29 heavy (non-hydrogen) atoms. The molecule has 0 saturated heterocycles. The molecule has 0 bridgehead atoms. The molecule has 4 rings (SSSR count). The van der Waals surface area contributed by atoms with Crippen LogP contribution in [0.1, 0.15) is 32.7 Å². The highest BCUT2D eigenvalue weighted by Gasteiger charge is 2.18. The second-order valence-corrected chi connectivity index (χ2v) is 6.81. The van der Waals surface area contributed by atoms with Crippen LogP contribution in [0.2, 0.25) is 0 Å². The lowest BCUT2D eigenvalue weighted by atomic mass is 9.93. The summed E-state index contributed by atoms with van der Waals surface area (Å²) in [5.74, 6) is 0.773. The van der Waals surface area contributed by atoms with Crippen molar-refractivity contribution in [3.05, 3.63) is 107 Å². The van der Waals surface area contributed by atoms with Crippen LogP contribution in [0.25, 0.3) is 23.1 Å². The van der Waals surface area contributed by atoms with Gasteiger partial charge in [0.15, 0.2) is 5.78 Å². The van der Waals surface area contributed by atoms with Crippen molar-refractivity contribution in [3.8, 4) is 5.75 Å². The van der Waals surface area contributed by atoms with Crippen molar-refractivity contribution in [2.75, 3.05) is 7.11 Å². The number of hydrogen-bond donors (Lipinski definition) is 0. The first kappa shape index (κ1) is 18.6. The van der Waals surface area contributed by atoms with E-state index in [0.29, 0.717) is 11.1 Å². The van der Waals surface area contributed by atoms with Crippen molar-refractivity contribution < 1.29 is 9.53 Å². The third kappa shape index (κ3) is 3.81. The molecule has 0 radical (unpaired) electrons. The lowest BCUT2D eigenvalue weighted by molar-refractivity contribution is 0.103. The Morgan fingerprint density at radius 2 is 1.66 bits per heavy atom. The number of ketones is 1. The molecule has 142 valence electrons. The Morgan fingerprint density at radius 1 is 0.897 bits per heavy atom. The van der Waals surface area contributed by atoms with Crippen molar-refractivity contribution in [3.63, 3.8) is 0 Å². The summed E-state index contributed by atoms with van der Waals surface area (Å²) in [7, 11) is 1.65. The first-order chi connectivity index (χ1) is 14.2. The zero-order valence-electron chi connectivity index (χ0n) is 16.4. The molecule has 1 heterocycles. The number of para-hydroxylation sites is 1. The molecule has 0 aliphatic heterocycles. The molecule has 0 fully saturated rings. The van der Waals surface area contributed by atoms with Crippen LogP contribution in [0.3, 0.4) is 0 Å². The van der Waals surface area contributed by atoms with E-state index in [0.717, 1.165) is 33.5 Å². The van der Waals surface area contributed by atoms with Crippen LogP contribution in [0, 0.1) is 6.92 Å². The van der Waals surface area contributed by atoms with Gasteiger partial charge in [-0.2, -0.15) is 0 Å². The molecule has 0 atom stereocenters. The van der Waals surface area contributed by atoms with Crippen LogP contribution in [-0.2, 0) is 0 Å². The monoisotopic (exact) mass is 379 g/mol. The van der Waals surface area contributed by atoms with Gasteiger partial charge in [0.2, 0.25) is 0 Å². The van der Waals surface area contributed by atoms with Crippen LogP contribution >= 0.6 is 0 Å². The largest absolute Gasteiger partial charge is 0.497 e. The number of carbonyl (C=O) groups is 1. The second-order valence-electron chi connectivity index (χ2n) is 6.81. The third-order valence-electron chi connectivity index (χ3n) is 4.91. The summed E-state index contributed by atoms with van der Waals surface area (Å²) in [6, 6.07) is 25.1. The number of aromatic nitrogens is 1. The van der Waals surface area contributed by atoms with Crippen molar-refractivity contribution >= 4 is 28.8 Å². The van der Waals surface area contributed by atoms with E-state index < -0.39 is 0 Å². The van der Waals surface area contributed by atoms with Gasteiger partial charge in [-0.1, -0.05) is 72.8 Å². The first-order valence-electron chi connectivity index (χ1n) is 9.48. The summed E-state index contributed by atoms with van der Waals surface area (Å²) < 4.78 is 5.32. The van der Waals surface area contributed by atoms with Gasteiger partial charge in [-0.25, -0.2) is 0 Å². The Balaban J connectivity index is 1.90. The summed E-state index contributed by atoms with van der Waals surface area (Å²) in [5.41, 5.74) is 4.77. The Hall–Kier alpha value is -3.72. The van der Waals surface area contributed by atoms with Gasteiger partial charge in [-0.15, -0.1) is 0 Å². The van der Waals surface area contributed by atoms with Crippen molar-refractivity contribution in [1.29, 1.82) is 0 Å². The van der Waals surface area contributed by atoms with E-state index in [1.807, 2.05) is 97.9 Å². The number of carbonyl (C=O) groups excluding carboxylic acids is 1. The molecule has 4 aromatic rings. The SMILES string of the molecule is COc1cccc(/C=C/c2c(C(=O)c3ccccc3)c(C)nc3ccccc23)c1. The minimum Gasteiger partial charge on any atom is -0.497 e. The van der Waals surface area contributed by atoms with E-state index in [9.17, 15) is 4.79 Å². The molecule has 1 aromatic heterocycles. The highest BCUT2D eigenvalue weighted by molar-refractivity contribution is 6.14. The fourth-order valence-electron chi connectivity index (χ4n) is 3.48. The molecule has 0 amide bonds. The number of pyridine rings is 1. The number of aryl methyl sites for hydroxylation is 1. The Bertz CT molecular complexity index is 1210. The number of ether oxygens (including phenoxy) is 1. The normalized spacial score (nSPS) is 11.1. The summed E-state index contributed by atoms with van der Waals surface area (Å²) in [6.45, 7) is 1.89. The zero-order valence-corrected chi connectivity index (χ0v) is 16.4. The maximum absolute atomic E-state index is 13.3. The van der Waals surface area contributed by atoms with Gasteiger partial charge in [0.25, 0.3) is 0 Å². The molecule has 0 aliphatic carbocycles.